The van der Waals surface area contributed by atoms with E-state index in [2.05, 4.69) is 0 Å². The molecule has 9 N–H and O–H groups in total. The molecule has 0 aromatic carbocycles. The van der Waals surface area contributed by atoms with E-state index < -0.39 is 13.8 Å². The second-order valence-electron chi connectivity index (χ2n) is 0.966. The van der Waals surface area contributed by atoms with Crippen molar-refractivity contribution in [3.05, 3.63) is 0 Å². The Kier molecular flexibility index (Phi) is 33.6. The van der Waals surface area contributed by atoms with Crippen LogP contribution in [0, 0.1) is 0 Å². The van der Waals surface area contributed by atoms with E-state index in [1.54, 1.807) is 0 Å². The number of quaternary nitrogens is 2. The molecule has 0 amide bonds. The molecule has 0 unspecified atom stereocenters. The van der Waals surface area contributed by atoms with E-state index in [9.17, 15) is 0 Å². The number of carboxylic acids is 1. The molecule has 0 rings (SSSR count). The van der Waals surface area contributed by atoms with Gasteiger partial charge in [-0.05, 0) is 0 Å². The molecule has 0 radical (unpaired) electrons. The van der Waals surface area contributed by atoms with Crippen LogP contribution in [0.25, 0.3) is 0 Å². The van der Waals surface area contributed by atoms with E-state index >= 15 is 0 Å². The van der Waals surface area contributed by atoms with Crippen LogP contribution in [0.15, 0.2) is 0 Å². The first-order valence-electron chi connectivity index (χ1n) is 1.66. The van der Waals surface area contributed by atoms with Crippen molar-refractivity contribution in [3.63, 3.8) is 0 Å². The Balaban J connectivity index is -0.0000000221. The Morgan fingerprint density at radius 1 is 1.25 bits per heavy atom. The van der Waals surface area contributed by atoms with E-state index in [0.717, 1.165) is 6.92 Å². The molecule has 8 nitrogen and oxygen atoms in total. The van der Waals surface area contributed by atoms with Gasteiger partial charge in [-0.2, -0.15) is 7.82 Å². The van der Waals surface area contributed by atoms with E-state index in [1.165, 1.54) is 0 Å². The maximum atomic E-state index is 9.00. The fraction of sp³-hybridized carbons (Fsp3) is 0.500. The zero-order valence-corrected chi connectivity index (χ0v) is 8.89. The fourth-order valence-corrected chi connectivity index (χ4v) is 0. The molecule has 0 fully saturated rings. The van der Waals surface area contributed by atoms with Crippen LogP contribution in [-0.4, -0.2) is 11.1 Å². The van der Waals surface area contributed by atoms with Crippen LogP contribution in [0.2, 0.25) is 0 Å². The van der Waals surface area contributed by atoms with Crippen molar-refractivity contribution in [1.82, 2.24) is 12.3 Å². The molecule has 10 heteroatoms. The summed E-state index contributed by atoms with van der Waals surface area (Å²) in [5, 5.41) is 7.42. The molecular weight excluding hydrogens is 234 g/mol. The smallest absolute Gasteiger partial charge is 0.822 e. The van der Waals surface area contributed by atoms with Crippen LogP contribution in [0.5, 0.6) is 0 Å². The van der Waals surface area contributed by atoms with Gasteiger partial charge in [0.15, 0.2) is 0 Å². The van der Waals surface area contributed by atoms with E-state index in [4.69, 9.17) is 29.1 Å². The molecule has 0 bridgehead atoms. The summed E-state index contributed by atoms with van der Waals surface area (Å²) in [4.78, 5) is 34.6. The third kappa shape index (κ3) is 2150000. The van der Waals surface area contributed by atoms with E-state index in [-0.39, 0.29) is 29.4 Å². The Morgan fingerprint density at radius 3 is 1.25 bits per heavy atom. The minimum absolute atomic E-state index is 0. The molecule has 0 spiro atoms. The second kappa shape index (κ2) is 13.6. The molecule has 0 heterocycles. The van der Waals surface area contributed by atoms with Crippen LogP contribution in [-0.2, 0) is 26.4 Å². The molecule has 0 aromatic rings. The SMILES string of the molecule is CC(=O)O.O=P([O-])([O-])[O-].[Mn+].[NH4+].[NH4+]. The first-order valence-corrected chi connectivity index (χ1v) is 3.12. The summed E-state index contributed by atoms with van der Waals surface area (Å²) in [5.74, 6) is -0.833. The van der Waals surface area contributed by atoms with Gasteiger partial charge in [0.2, 0.25) is 0 Å². The van der Waals surface area contributed by atoms with Gasteiger partial charge >= 0.3 is 17.1 Å². The summed E-state index contributed by atoms with van der Waals surface area (Å²) in [6.45, 7) is 1.08. The zero-order chi connectivity index (χ0) is 8.08. The van der Waals surface area contributed by atoms with Gasteiger partial charge < -0.3 is 36.7 Å². The minimum Gasteiger partial charge on any atom is -0.822 e. The second-order valence-corrected chi connectivity index (χ2v) is 1.86. The molecule has 0 aliphatic carbocycles. The molecule has 0 aliphatic rings. The monoisotopic (exact) mass is 246 g/mol. The van der Waals surface area contributed by atoms with Gasteiger partial charge in [0.25, 0.3) is 5.97 Å². The average molecular weight is 246 g/mol. The zero-order valence-electron chi connectivity index (χ0n) is 6.81. The van der Waals surface area contributed by atoms with Crippen molar-refractivity contribution < 1.29 is 46.2 Å². The third-order valence-corrected chi connectivity index (χ3v) is 0. The number of carbonyl (C=O) groups is 1. The van der Waals surface area contributed by atoms with Crippen LogP contribution in [0.3, 0.4) is 0 Å². The van der Waals surface area contributed by atoms with Gasteiger partial charge in [-0.25, -0.2) is 0 Å². The predicted molar refractivity (Wildman–Crippen MR) is 32.9 cm³/mol. The van der Waals surface area contributed by atoms with Gasteiger partial charge in [0.1, 0.15) is 0 Å². The van der Waals surface area contributed by atoms with Crippen LogP contribution < -0.4 is 27.0 Å². The Bertz CT molecular complexity index is 123. The summed E-state index contributed by atoms with van der Waals surface area (Å²) in [7, 11) is -5.39. The molecule has 12 heavy (non-hydrogen) atoms. The quantitative estimate of drug-likeness (QED) is 0.326. The van der Waals surface area contributed by atoms with Crippen molar-refractivity contribution in [3.8, 4) is 0 Å². The summed E-state index contributed by atoms with van der Waals surface area (Å²) >= 11 is 0. The number of rotatable bonds is 0. The molecule has 0 aromatic heterocycles. The molecule has 0 aliphatic heterocycles. The topological polar surface area (TPSA) is 197 Å². The Hall–Kier alpha value is 0.0195. The molecule has 0 atom stereocenters. The first kappa shape index (κ1) is 29.6. The Morgan fingerprint density at radius 2 is 1.25 bits per heavy atom. The standard InChI is InChI=1S/C2H4O2.Mn.2H3N.H3O4P/c1-2(3)4;;;;1-5(2,3)4/h1H3,(H,3,4);;2*1H3;(H3,1,2,3,4)/q;+1;;;/p-1. The summed E-state index contributed by atoms with van der Waals surface area (Å²) in [6, 6.07) is 0. The van der Waals surface area contributed by atoms with E-state index in [0.29, 0.717) is 0 Å². The largest absolute Gasteiger partial charge is 1.00 e. The first-order chi connectivity index (χ1) is 3.73. The third-order valence-electron chi connectivity index (χ3n) is 0. The molecular formula is C2H12MnN2O6P. The minimum atomic E-state index is -5.39. The molecule has 0 saturated carbocycles. The van der Waals surface area contributed by atoms with Gasteiger partial charge in [-0.15, -0.1) is 0 Å². The predicted octanol–water partition coefficient (Wildman–Crippen LogP) is -1.98. The molecule has 78 valence electrons. The normalized spacial score (nSPS) is 7.00. The van der Waals surface area contributed by atoms with Crippen molar-refractivity contribution in [2.45, 2.75) is 6.92 Å². The number of carboxylic acid groups (broad SMARTS) is 1. The number of hydrogen-bond donors (Lipinski definition) is 3. The van der Waals surface area contributed by atoms with Crippen molar-refractivity contribution in [2.75, 3.05) is 0 Å². The van der Waals surface area contributed by atoms with Crippen LogP contribution in [0.1, 0.15) is 6.92 Å². The number of hydrogen-bond acceptors (Lipinski definition) is 5. The van der Waals surface area contributed by atoms with Gasteiger partial charge in [0.05, 0.1) is 0 Å². The summed E-state index contributed by atoms with van der Waals surface area (Å²) in [6.07, 6.45) is 0. The maximum Gasteiger partial charge on any atom is 1.00 e. The fourth-order valence-electron chi connectivity index (χ4n) is 0. The van der Waals surface area contributed by atoms with E-state index in [1.807, 2.05) is 0 Å². The summed E-state index contributed by atoms with van der Waals surface area (Å²) < 4.78 is 8.55. The van der Waals surface area contributed by atoms with Gasteiger partial charge in [-0.1, -0.05) is 0 Å². The van der Waals surface area contributed by atoms with Crippen molar-refractivity contribution in [2.24, 2.45) is 0 Å². The maximum absolute atomic E-state index is 9.00. The molecule has 0 saturated heterocycles. The van der Waals surface area contributed by atoms with Crippen LogP contribution >= 0.6 is 7.82 Å². The Labute approximate surface area is 79.9 Å². The van der Waals surface area contributed by atoms with Crippen molar-refractivity contribution in [1.29, 1.82) is 0 Å². The van der Waals surface area contributed by atoms with Gasteiger partial charge in [0, 0.05) is 6.92 Å². The number of aliphatic carboxylic acids is 1. The average Bonchev–Trinajstić information content (AvgIpc) is 1.19. The summed E-state index contributed by atoms with van der Waals surface area (Å²) in [5.41, 5.74) is 0. The number of phosphoric acid groups is 1. The van der Waals surface area contributed by atoms with Crippen molar-refractivity contribution >= 4 is 13.8 Å². The van der Waals surface area contributed by atoms with Crippen LogP contribution in [0.4, 0.5) is 0 Å². The van der Waals surface area contributed by atoms with Gasteiger partial charge in [-0.3, -0.25) is 4.79 Å².